The van der Waals surface area contributed by atoms with Gasteiger partial charge in [0.1, 0.15) is 12.4 Å². The molecule has 0 spiro atoms. The number of nitrogens with zero attached hydrogens (tertiary/aromatic N) is 1. The topological polar surface area (TPSA) is 48.1 Å². The molecule has 3 nitrogen and oxygen atoms in total. The molecule has 18 heavy (non-hydrogen) atoms. The van der Waals surface area contributed by atoms with Crippen molar-refractivity contribution in [1.82, 2.24) is 4.98 Å². The molecule has 96 valence electrons. The van der Waals surface area contributed by atoms with E-state index in [4.69, 9.17) is 10.5 Å². The summed E-state index contributed by atoms with van der Waals surface area (Å²) >= 11 is 1.67. The lowest BCUT2D eigenvalue weighted by molar-refractivity contribution is 0.305. The van der Waals surface area contributed by atoms with Gasteiger partial charge < -0.3 is 10.5 Å². The van der Waals surface area contributed by atoms with Gasteiger partial charge >= 0.3 is 0 Å². The molecule has 4 heteroatoms. The first-order valence-electron chi connectivity index (χ1n) is 5.94. The van der Waals surface area contributed by atoms with Gasteiger partial charge in [-0.25, -0.2) is 4.98 Å². The van der Waals surface area contributed by atoms with Crippen LogP contribution in [0.4, 0.5) is 0 Å². The number of hydrogen-bond acceptors (Lipinski definition) is 4. The maximum atomic E-state index is 5.90. The summed E-state index contributed by atoms with van der Waals surface area (Å²) in [4.78, 5) is 5.37. The zero-order chi connectivity index (χ0) is 13.1. The Labute approximate surface area is 112 Å². The highest BCUT2D eigenvalue weighted by Gasteiger charge is 2.07. The summed E-state index contributed by atoms with van der Waals surface area (Å²) in [5, 5.41) is 1.07. The molecule has 1 heterocycles. The Morgan fingerprint density at radius 3 is 2.39 bits per heavy atom. The summed E-state index contributed by atoms with van der Waals surface area (Å²) in [6.07, 6.45) is 1.87. The van der Waals surface area contributed by atoms with Crippen molar-refractivity contribution in [3.05, 3.63) is 44.9 Å². The zero-order valence-corrected chi connectivity index (χ0v) is 11.8. The molecule has 2 N–H and O–H groups in total. The van der Waals surface area contributed by atoms with Gasteiger partial charge in [0.2, 0.25) is 0 Å². The molecule has 2 aromatic rings. The van der Waals surface area contributed by atoms with Gasteiger partial charge in [-0.2, -0.15) is 0 Å². The number of benzene rings is 1. The minimum Gasteiger partial charge on any atom is -0.487 e. The van der Waals surface area contributed by atoms with Crippen LogP contribution in [0.15, 0.2) is 18.3 Å². The highest BCUT2D eigenvalue weighted by atomic mass is 32.1. The number of nitrogens with two attached hydrogens (primary N) is 1. The fourth-order valence-corrected chi connectivity index (χ4v) is 2.71. The molecule has 0 aliphatic rings. The lowest BCUT2D eigenvalue weighted by Gasteiger charge is -2.12. The van der Waals surface area contributed by atoms with Crippen molar-refractivity contribution in [2.75, 3.05) is 0 Å². The van der Waals surface area contributed by atoms with E-state index in [0.29, 0.717) is 13.2 Å². The second-order valence-electron chi connectivity index (χ2n) is 4.40. The Morgan fingerprint density at radius 2 is 1.89 bits per heavy atom. The Balaban J connectivity index is 2.14. The number of thiazole rings is 1. The third-order valence-corrected chi connectivity index (χ3v) is 3.67. The highest BCUT2D eigenvalue weighted by Crippen LogP contribution is 2.26. The van der Waals surface area contributed by atoms with Crippen molar-refractivity contribution < 1.29 is 4.74 Å². The van der Waals surface area contributed by atoms with Crippen LogP contribution < -0.4 is 10.5 Å². The van der Waals surface area contributed by atoms with Crippen LogP contribution in [-0.2, 0) is 13.2 Å². The van der Waals surface area contributed by atoms with E-state index in [1.807, 2.05) is 13.1 Å². The van der Waals surface area contributed by atoms with Gasteiger partial charge in [-0.05, 0) is 37.5 Å². The van der Waals surface area contributed by atoms with Crippen molar-refractivity contribution in [2.24, 2.45) is 5.73 Å². The monoisotopic (exact) mass is 262 g/mol. The van der Waals surface area contributed by atoms with Crippen LogP contribution in [-0.4, -0.2) is 4.98 Å². The van der Waals surface area contributed by atoms with Crippen molar-refractivity contribution in [1.29, 1.82) is 0 Å². The van der Waals surface area contributed by atoms with Crippen molar-refractivity contribution >= 4 is 11.3 Å². The first-order valence-corrected chi connectivity index (χ1v) is 6.76. The first-order chi connectivity index (χ1) is 8.60. The molecule has 0 aliphatic heterocycles. The lowest BCUT2D eigenvalue weighted by Crippen LogP contribution is -2.01. The summed E-state index contributed by atoms with van der Waals surface area (Å²) in [5.74, 6) is 0.957. The number of ether oxygens (including phenoxy) is 1. The summed E-state index contributed by atoms with van der Waals surface area (Å²) in [6.45, 7) is 7.25. The van der Waals surface area contributed by atoms with Gasteiger partial charge in [-0.3, -0.25) is 0 Å². The molecule has 0 saturated carbocycles. The Kier molecular flexibility index (Phi) is 3.99. The van der Waals surface area contributed by atoms with Crippen molar-refractivity contribution in [2.45, 2.75) is 33.9 Å². The molecule has 1 aromatic carbocycles. The SMILES string of the molecule is Cc1ncc(COc2c(C)cc(CN)cc2C)s1. The minimum absolute atomic E-state index is 0.565. The summed E-state index contributed by atoms with van der Waals surface area (Å²) in [6, 6.07) is 4.17. The Hall–Kier alpha value is -1.39. The maximum absolute atomic E-state index is 5.90. The largest absolute Gasteiger partial charge is 0.487 e. The second kappa shape index (κ2) is 5.50. The Bertz CT molecular complexity index is 525. The van der Waals surface area contributed by atoms with Crippen LogP contribution in [0, 0.1) is 20.8 Å². The number of rotatable bonds is 4. The number of aromatic nitrogens is 1. The van der Waals surface area contributed by atoms with Crippen LogP contribution in [0.2, 0.25) is 0 Å². The molecule has 0 amide bonds. The molecule has 0 radical (unpaired) electrons. The Morgan fingerprint density at radius 1 is 1.22 bits per heavy atom. The average Bonchev–Trinajstić information content (AvgIpc) is 2.73. The van der Waals surface area contributed by atoms with E-state index in [-0.39, 0.29) is 0 Å². The van der Waals surface area contributed by atoms with Crippen LogP contribution in [0.1, 0.15) is 26.6 Å². The summed E-state index contributed by atoms with van der Waals surface area (Å²) < 4.78 is 5.90. The third kappa shape index (κ3) is 2.89. The predicted octanol–water partition coefficient (Wildman–Crippen LogP) is 3.11. The van der Waals surface area contributed by atoms with Gasteiger partial charge in [0.25, 0.3) is 0 Å². The molecular weight excluding hydrogens is 244 g/mol. The third-order valence-electron chi connectivity index (χ3n) is 2.78. The van der Waals surface area contributed by atoms with E-state index in [1.54, 1.807) is 11.3 Å². The van der Waals surface area contributed by atoms with Crippen molar-refractivity contribution in [3.8, 4) is 5.75 Å². The molecule has 0 fully saturated rings. The summed E-state index contributed by atoms with van der Waals surface area (Å²) in [5.41, 5.74) is 9.07. The van der Waals surface area contributed by atoms with Crippen LogP contribution >= 0.6 is 11.3 Å². The number of hydrogen-bond donors (Lipinski definition) is 1. The molecule has 1 aromatic heterocycles. The average molecular weight is 262 g/mol. The van der Waals surface area contributed by atoms with Gasteiger partial charge in [0.05, 0.1) is 9.88 Å². The molecule has 0 unspecified atom stereocenters. The van der Waals surface area contributed by atoms with Gasteiger partial charge in [0.15, 0.2) is 0 Å². The quantitative estimate of drug-likeness (QED) is 0.921. The standard InChI is InChI=1S/C14H18N2OS/c1-9-4-12(6-15)5-10(2)14(9)17-8-13-7-16-11(3)18-13/h4-5,7H,6,8,15H2,1-3H3. The van der Waals surface area contributed by atoms with E-state index in [9.17, 15) is 0 Å². The van der Waals surface area contributed by atoms with E-state index >= 15 is 0 Å². The molecule has 0 atom stereocenters. The van der Waals surface area contributed by atoms with Crippen LogP contribution in [0.3, 0.4) is 0 Å². The minimum atomic E-state index is 0.565. The molecule has 2 rings (SSSR count). The van der Waals surface area contributed by atoms with E-state index in [2.05, 4.69) is 31.0 Å². The normalized spacial score (nSPS) is 10.7. The molecule has 0 saturated heterocycles. The lowest BCUT2D eigenvalue weighted by atomic mass is 10.1. The maximum Gasteiger partial charge on any atom is 0.125 e. The first kappa shape index (κ1) is 13.1. The molecule has 0 aliphatic carbocycles. The number of aryl methyl sites for hydroxylation is 3. The van der Waals surface area contributed by atoms with E-state index in [1.165, 1.54) is 0 Å². The van der Waals surface area contributed by atoms with Crippen LogP contribution in [0.5, 0.6) is 5.75 Å². The van der Waals surface area contributed by atoms with E-state index < -0.39 is 0 Å². The van der Waals surface area contributed by atoms with Gasteiger partial charge in [0, 0.05) is 12.7 Å². The molecule has 0 bridgehead atoms. The highest BCUT2D eigenvalue weighted by molar-refractivity contribution is 7.11. The fraction of sp³-hybridized carbons (Fsp3) is 0.357. The van der Waals surface area contributed by atoms with Crippen molar-refractivity contribution in [3.63, 3.8) is 0 Å². The smallest absolute Gasteiger partial charge is 0.125 e. The molecular formula is C14H18N2OS. The van der Waals surface area contributed by atoms with Gasteiger partial charge in [-0.1, -0.05) is 12.1 Å². The zero-order valence-electron chi connectivity index (χ0n) is 11.0. The second-order valence-corrected chi connectivity index (χ2v) is 5.72. The predicted molar refractivity (Wildman–Crippen MR) is 75.0 cm³/mol. The van der Waals surface area contributed by atoms with Crippen LogP contribution in [0.25, 0.3) is 0 Å². The van der Waals surface area contributed by atoms with E-state index in [0.717, 1.165) is 32.3 Å². The fourth-order valence-electron chi connectivity index (χ4n) is 2.00. The van der Waals surface area contributed by atoms with Gasteiger partial charge in [-0.15, -0.1) is 11.3 Å². The summed E-state index contributed by atoms with van der Waals surface area (Å²) in [7, 11) is 0.